The summed E-state index contributed by atoms with van der Waals surface area (Å²) in [5, 5.41) is 7.21. The highest BCUT2D eigenvalue weighted by molar-refractivity contribution is 6.24. The molecule has 5 aromatic rings. The van der Waals surface area contributed by atoms with Gasteiger partial charge in [0.15, 0.2) is 5.70 Å². The minimum Gasteiger partial charge on any atom is -0.402 e. The Bertz CT molecular complexity index is 1530. The Balaban J connectivity index is 1.54. The monoisotopic (exact) mass is 387 g/mol. The lowest BCUT2D eigenvalue weighted by Gasteiger charge is -2.12. The van der Waals surface area contributed by atoms with Crippen molar-refractivity contribution in [3.63, 3.8) is 0 Å². The molecule has 1 aliphatic heterocycles. The second-order valence-electron chi connectivity index (χ2n) is 7.72. The van der Waals surface area contributed by atoms with Crippen molar-refractivity contribution in [3.05, 3.63) is 101 Å². The van der Waals surface area contributed by atoms with Crippen molar-refractivity contribution >= 4 is 50.3 Å². The summed E-state index contributed by atoms with van der Waals surface area (Å²) in [6.45, 7) is 2.00. The molecule has 0 radical (unpaired) electrons. The van der Waals surface area contributed by atoms with Crippen LogP contribution in [0.5, 0.6) is 0 Å². The van der Waals surface area contributed by atoms with Crippen LogP contribution >= 0.6 is 0 Å². The standard InChI is InChI=1S/C27H17NO2/c1-16-4-2-7-21(14-16)26-28-23(27(29)30-26)15-20-11-10-19-9-8-17-5-3-6-18-12-13-22(20)25(19)24(17)18/h2-15H,1H3. The van der Waals surface area contributed by atoms with Gasteiger partial charge in [0.2, 0.25) is 5.90 Å². The lowest BCUT2D eigenvalue weighted by Crippen LogP contribution is -2.05. The lowest BCUT2D eigenvalue weighted by molar-refractivity contribution is -0.129. The molecule has 0 aromatic heterocycles. The van der Waals surface area contributed by atoms with Crippen LogP contribution in [-0.2, 0) is 9.53 Å². The third-order valence-electron chi connectivity index (χ3n) is 5.74. The molecule has 0 fully saturated rings. The average Bonchev–Trinajstić information content (AvgIpc) is 3.13. The molecule has 3 nitrogen and oxygen atoms in total. The van der Waals surface area contributed by atoms with E-state index in [1.807, 2.05) is 43.3 Å². The Morgan fingerprint density at radius 2 is 1.50 bits per heavy atom. The second-order valence-corrected chi connectivity index (χ2v) is 7.72. The number of hydrogen-bond donors (Lipinski definition) is 0. The first-order chi connectivity index (χ1) is 14.7. The van der Waals surface area contributed by atoms with Crippen LogP contribution in [0.2, 0.25) is 0 Å². The van der Waals surface area contributed by atoms with E-state index in [1.165, 1.54) is 26.9 Å². The van der Waals surface area contributed by atoms with Crippen LogP contribution in [0.4, 0.5) is 0 Å². The van der Waals surface area contributed by atoms with Gasteiger partial charge in [0.1, 0.15) is 0 Å². The summed E-state index contributed by atoms with van der Waals surface area (Å²) in [6.07, 6.45) is 1.83. The van der Waals surface area contributed by atoms with E-state index < -0.39 is 5.97 Å². The summed E-state index contributed by atoms with van der Waals surface area (Å²) < 4.78 is 5.46. The second kappa shape index (κ2) is 6.26. The van der Waals surface area contributed by atoms with E-state index in [9.17, 15) is 4.79 Å². The van der Waals surface area contributed by atoms with Gasteiger partial charge in [-0.1, -0.05) is 72.3 Å². The van der Waals surface area contributed by atoms with Gasteiger partial charge in [0.05, 0.1) is 0 Å². The predicted molar refractivity (Wildman–Crippen MR) is 122 cm³/mol. The van der Waals surface area contributed by atoms with Gasteiger partial charge in [-0.2, -0.15) is 0 Å². The molecule has 142 valence electrons. The maximum absolute atomic E-state index is 12.5. The number of aryl methyl sites for hydroxylation is 1. The number of benzene rings is 5. The van der Waals surface area contributed by atoms with Crippen molar-refractivity contribution in [3.8, 4) is 0 Å². The lowest BCUT2D eigenvalue weighted by atomic mass is 9.92. The van der Waals surface area contributed by atoms with E-state index in [0.717, 1.165) is 22.1 Å². The first-order valence-electron chi connectivity index (χ1n) is 9.93. The molecule has 1 aliphatic rings. The fourth-order valence-corrected chi connectivity index (χ4v) is 4.34. The Labute approximate surface area is 173 Å². The van der Waals surface area contributed by atoms with E-state index in [4.69, 9.17) is 4.74 Å². The first kappa shape index (κ1) is 16.9. The topological polar surface area (TPSA) is 38.7 Å². The molecule has 0 N–H and O–H groups in total. The van der Waals surface area contributed by atoms with Crippen LogP contribution in [0.1, 0.15) is 16.7 Å². The largest absolute Gasteiger partial charge is 0.402 e. The van der Waals surface area contributed by atoms with Crippen molar-refractivity contribution in [1.82, 2.24) is 0 Å². The number of nitrogens with zero attached hydrogens (tertiary/aromatic N) is 1. The summed E-state index contributed by atoms with van der Waals surface area (Å²) >= 11 is 0. The van der Waals surface area contributed by atoms with Crippen LogP contribution in [0, 0.1) is 6.92 Å². The van der Waals surface area contributed by atoms with Gasteiger partial charge in [-0.05, 0) is 63.0 Å². The maximum atomic E-state index is 12.5. The van der Waals surface area contributed by atoms with E-state index in [2.05, 4.69) is 53.5 Å². The molecule has 3 heteroatoms. The van der Waals surface area contributed by atoms with Gasteiger partial charge in [0.25, 0.3) is 0 Å². The van der Waals surface area contributed by atoms with E-state index in [-0.39, 0.29) is 0 Å². The average molecular weight is 387 g/mol. The zero-order chi connectivity index (χ0) is 20.2. The van der Waals surface area contributed by atoms with Crippen molar-refractivity contribution in [2.45, 2.75) is 6.92 Å². The molecule has 0 unspecified atom stereocenters. The summed E-state index contributed by atoms with van der Waals surface area (Å²) in [4.78, 5) is 17.0. The highest BCUT2D eigenvalue weighted by Crippen LogP contribution is 2.36. The summed E-state index contributed by atoms with van der Waals surface area (Å²) in [5.74, 6) is -0.0649. The third-order valence-corrected chi connectivity index (χ3v) is 5.74. The minimum absolute atomic E-state index is 0.321. The fourth-order valence-electron chi connectivity index (χ4n) is 4.34. The highest BCUT2D eigenvalue weighted by atomic mass is 16.6. The van der Waals surface area contributed by atoms with Crippen LogP contribution in [0.3, 0.4) is 0 Å². The van der Waals surface area contributed by atoms with E-state index in [0.29, 0.717) is 11.6 Å². The predicted octanol–water partition coefficient (Wildman–Crippen LogP) is 6.24. The molecule has 1 heterocycles. The number of carbonyl (C=O) groups is 1. The maximum Gasteiger partial charge on any atom is 0.363 e. The van der Waals surface area contributed by atoms with Gasteiger partial charge in [-0.15, -0.1) is 0 Å². The number of ether oxygens (including phenoxy) is 1. The Morgan fingerprint density at radius 3 is 2.30 bits per heavy atom. The van der Waals surface area contributed by atoms with Crippen LogP contribution in [0.15, 0.2) is 89.6 Å². The smallest absolute Gasteiger partial charge is 0.363 e. The highest BCUT2D eigenvalue weighted by Gasteiger charge is 2.24. The van der Waals surface area contributed by atoms with Gasteiger partial charge < -0.3 is 4.74 Å². The number of aliphatic imine (C=N–C) groups is 1. The molecular formula is C27H17NO2. The van der Waals surface area contributed by atoms with Crippen molar-refractivity contribution < 1.29 is 9.53 Å². The molecule has 6 rings (SSSR count). The van der Waals surface area contributed by atoms with Gasteiger partial charge in [-0.3, -0.25) is 0 Å². The molecule has 0 aliphatic carbocycles. The number of cyclic esters (lactones) is 1. The summed E-state index contributed by atoms with van der Waals surface area (Å²) in [6, 6.07) is 26.9. The number of esters is 1. The molecular weight excluding hydrogens is 370 g/mol. The number of rotatable bonds is 2. The minimum atomic E-state index is -0.419. The quantitative estimate of drug-likeness (QED) is 0.204. The fraction of sp³-hybridized carbons (Fsp3) is 0.0370. The molecule has 0 amide bonds. The van der Waals surface area contributed by atoms with E-state index >= 15 is 0 Å². The Kier molecular flexibility index (Phi) is 3.53. The zero-order valence-corrected chi connectivity index (χ0v) is 16.3. The van der Waals surface area contributed by atoms with Gasteiger partial charge in [-0.25, -0.2) is 9.79 Å². The SMILES string of the molecule is Cc1cccc(C2=NC(=Cc3ccc4ccc5cccc6ccc3c4c56)C(=O)O2)c1. The molecule has 30 heavy (non-hydrogen) atoms. The molecule has 0 saturated heterocycles. The number of carbonyl (C=O) groups excluding carboxylic acids is 1. The number of hydrogen-bond acceptors (Lipinski definition) is 3. The molecule has 5 aromatic carbocycles. The van der Waals surface area contributed by atoms with Crippen LogP contribution in [0.25, 0.3) is 38.4 Å². The Hall–Kier alpha value is -3.98. The van der Waals surface area contributed by atoms with Gasteiger partial charge >= 0.3 is 5.97 Å². The molecule has 0 saturated carbocycles. The molecule has 0 spiro atoms. The third kappa shape index (κ3) is 2.52. The molecule has 0 atom stereocenters. The summed E-state index contributed by atoms with van der Waals surface area (Å²) in [7, 11) is 0. The van der Waals surface area contributed by atoms with E-state index in [1.54, 1.807) is 0 Å². The van der Waals surface area contributed by atoms with Crippen LogP contribution in [-0.4, -0.2) is 11.9 Å². The van der Waals surface area contributed by atoms with Crippen molar-refractivity contribution in [2.24, 2.45) is 4.99 Å². The molecule has 0 bridgehead atoms. The normalized spacial score (nSPS) is 15.4. The zero-order valence-electron chi connectivity index (χ0n) is 16.3. The Morgan fingerprint density at radius 1 is 0.800 bits per heavy atom. The van der Waals surface area contributed by atoms with Crippen molar-refractivity contribution in [1.29, 1.82) is 0 Å². The first-order valence-corrected chi connectivity index (χ1v) is 9.93. The van der Waals surface area contributed by atoms with Gasteiger partial charge in [0, 0.05) is 5.56 Å². The van der Waals surface area contributed by atoms with Crippen molar-refractivity contribution in [2.75, 3.05) is 0 Å². The van der Waals surface area contributed by atoms with Crippen LogP contribution < -0.4 is 0 Å². The summed E-state index contributed by atoms with van der Waals surface area (Å²) in [5.41, 5.74) is 3.18.